The molecule has 21 heavy (non-hydrogen) atoms. The molecule has 2 aromatic heterocycles. The van der Waals surface area contributed by atoms with Gasteiger partial charge in [-0.1, -0.05) is 6.92 Å². The highest BCUT2D eigenvalue weighted by atomic mass is 32.2. The fraction of sp³-hybridized carbons (Fsp3) is 0.462. The minimum absolute atomic E-state index is 0.252. The van der Waals surface area contributed by atoms with Gasteiger partial charge >= 0.3 is 0 Å². The Morgan fingerprint density at radius 2 is 2.24 bits per heavy atom. The van der Waals surface area contributed by atoms with E-state index >= 15 is 0 Å². The van der Waals surface area contributed by atoms with Gasteiger partial charge in [-0.25, -0.2) is 13.4 Å². The van der Waals surface area contributed by atoms with Crippen molar-refractivity contribution in [1.82, 2.24) is 19.2 Å². The maximum Gasteiger partial charge on any atom is 0.244 e. The molecule has 0 unspecified atom stereocenters. The van der Waals surface area contributed by atoms with Crippen molar-refractivity contribution < 1.29 is 8.42 Å². The van der Waals surface area contributed by atoms with E-state index in [1.54, 1.807) is 25.5 Å². The molecule has 1 N–H and O–H groups in total. The summed E-state index contributed by atoms with van der Waals surface area (Å²) in [6.07, 6.45) is 3.47. The lowest BCUT2D eigenvalue weighted by Gasteiger charge is -2.17. The van der Waals surface area contributed by atoms with E-state index in [0.29, 0.717) is 17.3 Å². The molecule has 0 saturated heterocycles. The van der Waals surface area contributed by atoms with E-state index in [9.17, 15) is 8.42 Å². The molecule has 0 radical (unpaired) electrons. The summed E-state index contributed by atoms with van der Waals surface area (Å²) in [6, 6.07) is 1.67. The summed E-state index contributed by atoms with van der Waals surface area (Å²) >= 11 is 1.46. The van der Waals surface area contributed by atoms with Crippen LogP contribution in [0.3, 0.4) is 0 Å². The molecule has 0 amide bonds. The van der Waals surface area contributed by atoms with Gasteiger partial charge in [0, 0.05) is 37.9 Å². The van der Waals surface area contributed by atoms with Crippen molar-refractivity contribution in [2.45, 2.75) is 24.9 Å². The number of rotatable bonds is 7. The Morgan fingerprint density at radius 1 is 1.48 bits per heavy atom. The molecule has 0 aromatic carbocycles. The van der Waals surface area contributed by atoms with E-state index in [1.807, 2.05) is 23.9 Å². The van der Waals surface area contributed by atoms with Crippen molar-refractivity contribution in [3.63, 3.8) is 0 Å². The molecular weight excluding hydrogens is 308 g/mol. The molecule has 0 aliphatic heterocycles. The first-order chi connectivity index (χ1) is 9.96. The first kappa shape index (κ1) is 16.2. The van der Waals surface area contributed by atoms with Gasteiger partial charge in [-0.05, 0) is 18.0 Å². The third kappa shape index (κ3) is 3.52. The highest BCUT2D eigenvalue weighted by molar-refractivity contribution is 7.89. The largest absolute Gasteiger partial charge is 0.337 e. The molecular formula is C13H20N4O2S2. The molecule has 0 fully saturated rings. The number of aryl methyl sites for hydroxylation is 1. The Morgan fingerprint density at radius 3 is 2.86 bits per heavy atom. The van der Waals surface area contributed by atoms with Gasteiger partial charge in [-0.15, -0.1) is 11.3 Å². The predicted octanol–water partition coefficient (Wildman–Crippen LogP) is 1.41. The normalized spacial score (nSPS) is 12.2. The van der Waals surface area contributed by atoms with E-state index in [4.69, 9.17) is 0 Å². The van der Waals surface area contributed by atoms with Crippen LogP contribution in [0, 0.1) is 0 Å². The van der Waals surface area contributed by atoms with Crippen molar-refractivity contribution in [3.8, 4) is 0 Å². The number of nitrogens with zero attached hydrogens (tertiary/aromatic N) is 3. The third-order valence-electron chi connectivity index (χ3n) is 3.21. The van der Waals surface area contributed by atoms with Crippen molar-refractivity contribution in [3.05, 3.63) is 34.5 Å². The predicted molar refractivity (Wildman–Crippen MR) is 83.6 cm³/mol. The maximum atomic E-state index is 12.7. The van der Waals surface area contributed by atoms with Crippen LogP contribution in [0.2, 0.25) is 0 Å². The standard InChI is InChI=1S/C13H20N4O2S2/c1-4-14-9-11-12(5-8-20-11)21(18,19)17(3)10-13-15-6-7-16(13)2/h5-8,14H,4,9-10H2,1-3H3. The second kappa shape index (κ2) is 6.69. The lowest BCUT2D eigenvalue weighted by atomic mass is 10.4. The topological polar surface area (TPSA) is 67.2 Å². The molecule has 0 aliphatic rings. The summed E-state index contributed by atoms with van der Waals surface area (Å²) in [7, 11) is -0.0659. The number of nitrogens with one attached hydrogen (secondary N) is 1. The van der Waals surface area contributed by atoms with Crippen molar-refractivity contribution >= 4 is 21.4 Å². The third-order valence-corrected chi connectivity index (χ3v) is 6.15. The second-order valence-corrected chi connectivity index (χ2v) is 7.72. The Hall–Kier alpha value is -1.22. The molecule has 2 rings (SSSR count). The van der Waals surface area contributed by atoms with E-state index in [0.717, 1.165) is 11.4 Å². The summed E-state index contributed by atoms with van der Waals surface area (Å²) in [4.78, 5) is 5.39. The molecule has 2 heterocycles. The highest BCUT2D eigenvalue weighted by Gasteiger charge is 2.25. The Kier molecular flexibility index (Phi) is 5.15. The Balaban J connectivity index is 2.21. The van der Waals surface area contributed by atoms with Crippen LogP contribution >= 0.6 is 11.3 Å². The number of hydrogen-bond acceptors (Lipinski definition) is 5. The van der Waals surface area contributed by atoms with Gasteiger partial charge in [0.2, 0.25) is 10.0 Å². The van der Waals surface area contributed by atoms with Gasteiger partial charge in [-0.3, -0.25) is 0 Å². The van der Waals surface area contributed by atoms with Gasteiger partial charge < -0.3 is 9.88 Å². The van der Waals surface area contributed by atoms with Gasteiger partial charge in [0.05, 0.1) is 11.4 Å². The summed E-state index contributed by atoms with van der Waals surface area (Å²) < 4.78 is 28.5. The van der Waals surface area contributed by atoms with E-state index < -0.39 is 10.0 Å². The van der Waals surface area contributed by atoms with Gasteiger partial charge in [0.1, 0.15) is 5.82 Å². The fourth-order valence-corrected chi connectivity index (χ4v) is 4.43. The fourth-order valence-electron chi connectivity index (χ4n) is 1.93. The quantitative estimate of drug-likeness (QED) is 0.834. The van der Waals surface area contributed by atoms with Gasteiger partial charge in [0.25, 0.3) is 0 Å². The molecule has 0 saturated carbocycles. The molecule has 0 spiro atoms. The minimum Gasteiger partial charge on any atom is -0.337 e. The SMILES string of the molecule is CCNCc1sccc1S(=O)(=O)N(C)Cc1nccn1C. The van der Waals surface area contributed by atoms with Crippen molar-refractivity contribution in [2.75, 3.05) is 13.6 Å². The van der Waals surface area contributed by atoms with Crippen LogP contribution in [-0.2, 0) is 30.2 Å². The summed E-state index contributed by atoms with van der Waals surface area (Å²) in [5.41, 5.74) is 0. The Bertz CT molecular complexity index is 691. The molecule has 2 aromatic rings. The number of hydrogen-bond donors (Lipinski definition) is 1. The lowest BCUT2D eigenvalue weighted by Crippen LogP contribution is -2.28. The van der Waals surface area contributed by atoms with Crippen molar-refractivity contribution in [1.29, 1.82) is 0 Å². The van der Waals surface area contributed by atoms with E-state index in [-0.39, 0.29) is 6.54 Å². The van der Waals surface area contributed by atoms with Crippen LogP contribution in [0.5, 0.6) is 0 Å². The number of sulfonamides is 1. The maximum absolute atomic E-state index is 12.7. The number of aromatic nitrogens is 2. The molecule has 0 atom stereocenters. The summed E-state index contributed by atoms with van der Waals surface area (Å²) in [5.74, 6) is 0.713. The highest BCUT2D eigenvalue weighted by Crippen LogP contribution is 2.25. The Labute approximate surface area is 129 Å². The second-order valence-electron chi connectivity index (χ2n) is 4.70. The van der Waals surface area contributed by atoms with Gasteiger partial charge in [-0.2, -0.15) is 4.31 Å². The number of imidazole rings is 1. The number of thiophene rings is 1. The van der Waals surface area contributed by atoms with Crippen molar-refractivity contribution in [2.24, 2.45) is 7.05 Å². The average Bonchev–Trinajstić information content (AvgIpc) is 3.06. The molecule has 0 aliphatic carbocycles. The molecule has 0 bridgehead atoms. The molecule has 8 heteroatoms. The molecule has 116 valence electrons. The van der Waals surface area contributed by atoms with Crippen LogP contribution in [0.25, 0.3) is 0 Å². The van der Waals surface area contributed by atoms with E-state index in [1.165, 1.54) is 15.6 Å². The zero-order chi connectivity index (χ0) is 15.5. The van der Waals surface area contributed by atoms with Crippen LogP contribution in [0.15, 0.2) is 28.7 Å². The molecule has 6 nitrogen and oxygen atoms in total. The first-order valence-corrected chi connectivity index (χ1v) is 8.98. The lowest BCUT2D eigenvalue weighted by molar-refractivity contribution is 0.450. The zero-order valence-electron chi connectivity index (χ0n) is 12.4. The zero-order valence-corrected chi connectivity index (χ0v) is 14.0. The summed E-state index contributed by atoms with van der Waals surface area (Å²) in [5, 5.41) is 4.98. The smallest absolute Gasteiger partial charge is 0.244 e. The van der Waals surface area contributed by atoms with Gasteiger partial charge in [0.15, 0.2) is 0 Å². The van der Waals surface area contributed by atoms with Crippen LogP contribution in [0.4, 0.5) is 0 Å². The van der Waals surface area contributed by atoms with Crippen LogP contribution < -0.4 is 5.32 Å². The van der Waals surface area contributed by atoms with Crippen LogP contribution in [-0.4, -0.2) is 35.9 Å². The van der Waals surface area contributed by atoms with E-state index in [2.05, 4.69) is 10.3 Å². The average molecular weight is 328 g/mol. The minimum atomic E-state index is -3.50. The first-order valence-electron chi connectivity index (χ1n) is 6.66. The monoisotopic (exact) mass is 328 g/mol. The summed E-state index contributed by atoms with van der Waals surface area (Å²) in [6.45, 7) is 3.62. The van der Waals surface area contributed by atoms with Crippen LogP contribution in [0.1, 0.15) is 17.6 Å².